The van der Waals surface area contributed by atoms with Crippen molar-refractivity contribution in [2.24, 2.45) is 4.99 Å². The number of nitrogens with zero attached hydrogens (tertiary/aromatic N) is 1. The number of hydrogen-bond acceptors (Lipinski definition) is 2. The first-order valence-corrected chi connectivity index (χ1v) is 10.0. The van der Waals surface area contributed by atoms with Crippen LogP contribution in [0.5, 0.6) is 0 Å². The molecule has 138 valence electrons. The molecule has 0 fully saturated rings. The van der Waals surface area contributed by atoms with Crippen LogP contribution in [0.3, 0.4) is 0 Å². The Morgan fingerprint density at radius 1 is 1.24 bits per heavy atom. The van der Waals surface area contributed by atoms with Crippen LogP contribution >= 0.6 is 0 Å². The van der Waals surface area contributed by atoms with E-state index in [1.54, 1.807) is 7.05 Å². The summed E-state index contributed by atoms with van der Waals surface area (Å²) in [6.07, 6.45) is 3.00. The number of hydrogen-bond donors (Lipinski definition) is 3. The molecular formula is C19H30N4OS. The normalized spacial score (nSPS) is 13.9. The van der Waals surface area contributed by atoms with Crippen molar-refractivity contribution in [2.45, 2.75) is 38.9 Å². The van der Waals surface area contributed by atoms with Crippen LogP contribution < -0.4 is 10.6 Å². The molecule has 2 aromatic rings. The van der Waals surface area contributed by atoms with Crippen molar-refractivity contribution in [1.29, 1.82) is 0 Å². The van der Waals surface area contributed by atoms with E-state index in [2.05, 4.69) is 51.9 Å². The van der Waals surface area contributed by atoms with Crippen molar-refractivity contribution >= 4 is 27.7 Å². The van der Waals surface area contributed by atoms with Gasteiger partial charge in [0.2, 0.25) is 0 Å². The van der Waals surface area contributed by atoms with Gasteiger partial charge in [0.05, 0.1) is 0 Å². The molecule has 0 aliphatic carbocycles. The Morgan fingerprint density at radius 3 is 2.64 bits per heavy atom. The fourth-order valence-corrected chi connectivity index (χ4v) is 3.65. The molecule has 0 saturated carbocycles. The van der Waals surface area contributed by atoms with Gasteiger partial charge in [-0.05, 0) is 51.3 Å². The highest BCUT2D eigenvalue weighted by atomic mass is 32.2. The predicted molar refractivity (Wildman–Crippen MR) is 109 cm³/mol. The third kappa shape index (κ3) is 5.33. The van der Waals surface area contributed by atoms with Crippen molar-refractivity contribution in [3.8, 4) is 0 Å². The zero-order valence-corrected chi connectivity index (χ0v) is 16.7. The summed E-state index contributed by atoms with van der Waals surface area (Å²) < 4.78 is 11.9. The van der Waals surface area contributed by atoms with E-state index in [0.29, 0.717) is 12.3 Å². The zero-order valence-electron chi connectivity index (χ0n) is 15.9. The molecule has 0 aliphatic heterocycles. The Hall–Kier alpha value is -1.82. The molecule has 0 amide bonds. The number of H-pyrrole nitrogens is 1. The Kier molecular flexibility index (Phi) is 6.64. The van der Waals surface area contributed by atoms with Gasteiger partial charge < -0.3 is 15.6 Å². The van der Waals surface area contributed by atoms with Gasteiger partial charge >= 0.3 is 0 Å². The lowest BCUT2D eigenvalue weighted by atomic mass is 10.1. The summed E-state index contributed by atoms with van der Waals surface area (Å²) in [6, 6.07) is 6.32. The van der Waals surface area contributed by atoms with Crippen molar-refractivity contribution < 1.29 is 4.21 Å². The van der Waals surface area contributed by atoms with Crippen LogP contribution in [0.25, 0.3) is 10.9 Å². The first-order valence-electron chi connectivity index (χ1n) is 8.71. The lowest BCUT2D eigenvalue weighted by molar-refractivity contribution is 0.647. The largest absolute Gasteiger partial charge is 0.361 e. The number of nitrogens with one attached hydrogen (secondary N) is 3. The summed E-state index contributed by atoms with van der Waals surface area (Å²) in [5, 5.41) is 7.88. The average molecular weight is 363 g/mol. The lowest BCUT2D eigenvalue weighted by Crippen LogP contribution is -2.41. The van der Waals surface area contributed by atoms with Gasteiger partial charge in [-0.1, -0.05) is 12.1 Å². The maximum atomic E-state index is 12.1. The second kappa shape index (κ2) is 8.52. The van der Waals surface area contributed by atoms with Crippen LogP contribution in [0.4, 0.5) is 0 Å². The Bertz CT molecular complexity index is 758. The van der Waals surface area contributed by atoms with Gasteiger partial charge in [0, 0.05) is 58.5 Å². The fourth-order valence-electron chi connectivity index (χ4n) is 2.75. The van der Waals surface area contributed by atoms with Crippen molar-refractivity contribution in [3.05, 3.63) is 35.5 Å². The van der Waals surface area contributed by atoms with Gasteiger partial charge in [0.15, 0.2) is 5.96 Å². The number of aromatic amines is 1. The molecule has 5 nitrogen and oxygen atoms in total. The summed E-state index contributed by atoms with van der Waals surface area (Å²) in [7, 11) is 0.902. The van der Waals surface area contributed by atoms with Gasteiger partial charge in [0.25, 0.3) is 0 Å². The summed E-state index contributed by atoms with van der Waals surface area (Å²) in [6.45, 7) is 9.58. The first-order chi connectivity index (χ1) is 11.8. The lowest BCUT2D eigenvalue weighted by Gasteiger charge is -2.18. The van der Waals surface area contributed by atoms with Crippen molar-refractivity contribution in [3.63, 3.8) is 0 Å². The minimum atomic E-state index is -0.854. The highest BCUT2D eigenvalue weighted by Gasteiger charge is 2.18. The number of guanidine groups is 1. The predicted octanol–water partition coefficient (Wildman–Crippen LogP) is 2.73. The molecule has 25 heavy (non-hydrogen) atoms. The number of fused-ring (bicyclic) bond motifs is 1. The smallest absolute Gasteiger partial charge is 0.191 e. The number of aliphatic imine (C=N–C) groups is 1. The van der Waals surface area contributed by atoms with Crippen LogP contribution in [0.1, 0.15) is 31.9 Å². The second-order valence-corrected chi connectivity index (χ2v) is 9.47. The highest BCUT2D eigenvalue weighted by molar-refractivity contribution is 7.86. The van der Waals surface area contributed by atoms with Crippen LogP contribution in [0, 0.1) is 6.92 Å². The second-order valence-electron chi connectivity index (χ2n) is 7.15. The van der Waals surface area contributed by atoms with Crippen LogP contribution in [0.15, 0.2) is 29.4 Å². The Morgan fingerprint density at radius 2 is 1.96 bits per heavy atom. The SMILES string of the molecule is CN=C(NCCc1c[nH]c2cccc(C)c12)NCCS(=O)C(C)(C)C. The van der Waals surface area contributed by atoms with E-state index in [4.69, 9.17) is 0 Å². The van der Waals surface area contributed by atoms with Gasteiger partial charge in [-0.3, -0.25) is 9.20 Å². The molecule has 0 bridgehead atoms. The summed E-state index contributed by atoms with van der Waals surface area (Å²) >= 11 is 0. The average Bonchev–Trinajstić information content (AvgIpc) is 2.97. The third-order valence-corrected chi connectivity index (χ3v) is 6.11. The summed E-state index contributed by atoms with van der Waals surface area (Å²) in [5.41, 5.74) is 3.79. The molecule has 0 aliphatic rings. The third-order valence-electron chi connectivity index (χ3n) is 4.17. The zero-order chi connectivity index (χ0) is 18.4. The topological polar surface area (TPSA) is 69.3 Å². The standard InChI is InChI=1S/C19H30N4OS/c1-14-7-6-8-16-17(14)15(13-23-16)9-10-21-18(20-5)22-11-12-25(24)19(2,3)4/h6-8,13,23H,9-12H2,1-5H3,(H2,20,21,22). The molecule has 0 spiro atoms. The fraction of sp³-hybridized carbons (Fsp3) is 0.526. The van der Waals surface area contributed by atoms with E-state index < -0.39 is 10.8 Å². The molecule has 0 radical (unpaired) electrons. The summed E-state index contributed by atoms with van der Waals surface area (Å²) in [5.74, 6) is 1.37. The van der Waals surface area contributed by atoms with Gasteiger partial charge in [0.1, 0.15) is 0 Å². The number of benzene rings is 1. The van der Waals surface area contributed by atoms with E-state index in [1.807, 2.05) is 20.8 Å². The molecule has 2 rings (SSSR count). The molecular weight excluding hydrogens is 332 g/mol. The molecule has 1 aromatic carbocycles. The molecule has 1 atom stereocenters. The number of aryl methyl sites for hydroxylation is 1. The van der Waals surface area contributed by atoms with E-state index in [9.17, 15) is 4.21 Å². The van der Waals surface area contributed by atoms with Gasteiger partial charge in [-0.2, -0.15) is 0 Å². The molecule has 0 saturated heterocycles. The van der Waals surface area contributed by atoms with Gasteiger partial charge in [-0.15, -0.1) is 0 Å². The number of aromatic nitrogens is 1. The molecule has 1 unspecified atom stereocenters. The first kappa shape index (κ1) is 19.5. The van der Waals surface area contributed by atoms with E-state index >= 15 is 0 Å². The van der Waals surface area contributed by atoms with Crippen molar-refractivity contribution in [1.82, 2.24) is 15.6 Å². The maximum absolute atomic E-state index is 12.1. The summed E-state index contributed by atoms with van der Waals surface area (Å²) in [4.78, 5) is 7.57. The molecule has 6 heteroatoms. The minimum Gasteiger partial charge on any atom is -0.361 e. The highest BCUT2D eigenvalue weighted by Crippen LogP contribution is 2.22. The molecule has 3 N–H and O–H groups in total. The number of rotatable bonds is 6. The van der Waals surface area contributed by atoms with Crippen LogP contribution in [-0.2, 0) is 17.2 Å². The van der Waals surface area contributed by atoms with Crippen LogP contribution in [-0.4, -0.2) is 45.8 Å². The van der Waals surface area contributed by atoms with E-state index in [-0.39, 0.29) is 4.75 Å². The van der Waals surface area contributed by atoms with E-state index in [0.717, 1.165) is 18.9 Å². The van der Waals surface area contributed by atoms with Crippen molar-refractivity contribution in [2.75, 3.05) is 25.9 Å². The Balaban J connectivity index is 1.82. The monoisotopic (exact) mass is 362 g/mol. The minimum absolute atomic E-state index is 0.175. The quantitative estimate of drug-likeness (QED) is 0.547. The van der Waals surface area contributed by atoms with Crippen LogP contribution in [0.2, 0.25) is 0 Å². The molecule has 1 heterocycles. The maximum Gasteiger partial charge on any atom is 0.191 e. The van der Waals surface area contributed by atoms with E-state index in [1.165, 1.54) is 22.0 Å². The van der Waals surface area contributed by atoms with Gasteiger partial charge in [-0.25, -0.2) is 0 Å². The Labute approximate surface area is 153 Å². The molecule has 1 aromatic heterocycles.